The lowest BCUT2D eigenvalue weighted by molar-refractivity contribution is -0.128. The minimum absolute atomic E-state index is 0.0174. The number of carbonyl (C=O) groups excluding carboxylic acids is 1. The highest BCUT2D eigenvalue weighted by Crippen LogP contribution is 2.29. The number of nitrogens with zero attached hydrogens (tertiary/aromatic N) is 4. The summed E-state index contributed by atoms with van der Waals surface area (Å²) in [5.74, 6) is 1.01. The quantitative estimate of drug-likeness (QED) is 0.341. The molecule has 1 aromatic heterocycles. The molecule has 1 amide bonds. The smallest absolute Gasteiger partial charge is 0.233 e. The molecule has 1 heterocycles. The van der Waals surface area contributed by atoms with Gasteiger partial charge < -0.3 is 9.47 Å². The zero-order chi connectivity index (χ0) is 22.5. The molecule has 0 aliphatic heterocycles. The number of rotatable bonds is 7. The molecule has 4 aromatic rings. The Labute approximate surface area is 197 Å². The molecule has 0 unspecified atom stereocenters. The lowest BCUT2D eigenvalue weighted by atomic mass is 9.97. The van der Waals surface area contributed by atoms with Gasteiger partial charge in [-0.25, -0.2) is 0 Å². The number of thioether (sulfide) groups is 1. The molecule has 0 saturated carbocycles. The van der Waals surface area contributed by atoms with Gasteiger partial charge in [0, 0.05) is 24.7 Å². The molecule has 0 bridgehead atoms. The van der Waals surface area contributed by atoms with Crippen molar-refractivity contribution in [2.24, 2.45) is 7.05 Å². The van der Waals surface area contributed by atoms with E-state index < -0.39 is 0 Å². The number of halogens is 1. The van der Waals surface area contributed by atoms with E-state index in [1.165, 1.54) is 11.8 Å². The van der Waals surface area contributed by atoms with Crippen LogP contribution in [0.4, 0.5) is 0 Å². The molecule has 0 saturated heterocycles. The van der Waals surface area contributed by atoms with E-state index >= 15 is 0 Å². The Hall–Kier alpha value is -3.09. The van der Waals surface area contributed by atoms with Gasteiger partial charge in [-0.2, -0.15) is 0 Å². The van der Waals surface area contributed by atoms with Crippen LogP contribution in [0.25, 0.3) is 11.4 Å². The molecule has 0 radical (unpaired) electrons. The minimum Gasteiger partial charge on any atom is -0.334 e. The van der Waals surface area contributed by atoms with E-state index in [0.29, 0.717) is 10.2 Å². The maximum atomic E-state index is 13.2. The molecule has 0 N–H and O–H groups in total. The zero-order valence-corrected chi connectivity index (χ0v) is 19.4. The molecule has 0 spiro atoms. The second-order valence-corrected chi connectivity index (χ2v) is 8.77. The van der Waals surface area contributed by atoms with Crippen LogP contribution < -0.4 is 0 Å². The molecule has 0 atom stereocenters. The fraction of sp³-hybridized carbons (Fsp3) is 0.160. The third-order valence-corrected chi connectivity index (χ3v) is 6.53. The molecular weight excluding hydrogens is 440 g/mol. The second-order valence-electron chi connectivity index (χ2n) is 7.39. The maximum absolute atomic E-state index is 13.2. The van der Waals surface area contributed by atoms with Gasteiger partial charge in [-0.3, -0.25) is 4.79 Å². The summed E-state index contributed by atoms with van der Waals surface area (Å²) in [6, 6.07) is 27.5. The number of amides is 1. The van der Waals surface area contributed by atoms with Crippen LogP contribution in [0.1, 0.15) is 17.2 Å². The van der Waals surface area contributed by atoms with Crippen LogP contribution in [0.15, 0.2) is 90.1 Å². The number of benzene rings is 3. The van der Waals surface area contributed by atoms with E-state index in [1.54, 1.807) is 4.90 Å². The Morgan fingerprint density at radius 1 is 0.938 bits per heavy atom. The second kappa shape index (κ2) is 10.0. The van der Waals surface area contributed by atoms with Crippen LogP contribution in [0.5, 0.6) is 0 Å². The highest BCUT2D eigenvalue weighted by atomic mass is 35.5. The normalized spacial score (nSPS) is 11.0. The summed E-state index contributed by atoms with van der Waals surface area (Å²) in [6.07, 6.45) is 0. The van der Waals surface area contributed by atoms with Gasteiger partial charge in [0.15, 0.2) is 11.0 Å². The number of carbonyl (C=O) groups is 1. The first kappa shape index (κ1) is 22.1. The predicted octanol–water partition coefficient (Wildman–Crippen LogP) is 5.48. The van der Waals surface area contributed by atoms with Crippen LogP contribution in [-0.4, -0.2) is 38.4 Å². The predicted molar refractivity (Wildman–Crippen MR) is 130 cm³/mol. The average molecular weight is 463 g/mol. The summed E-state index contributed by atoms with van der Waals surface area (Å²) >= 11 is 7.37. The molecule has 7 heteroatoms. The van der Waals surface area contributed by atoms with Crippen LogP contribution in [0.2, 0.25) is 5.02 Å². The molecule has 5 nitrogen and oxygen atoms in total. The first-order valence-electron chi connectivity index (χ1n) is 10.2. The van der Waals surface area contributed by atoms with Gasteiger partial charge in [-0.1, -0.05) is 84.0 Å². The SMILES string of the molecule is CN(C(=O)CSc1nnc(-c2ccc(Cl)cc2)n1C)C(c1ccccc1)c1ccccc1. The first-order valence-corrected chi connectivity index (χ1v) is 11.5. The molecule has 4 rings (SSSR count). The topological polar surface area (TPSA) is 51.0 Å². The van der Waals surface area contributed by atoms with Crippen molar-refractivity contribution in [2.75, 3.05) is 12.8 Å². The lowest BCUT2D eigenvalue weighted by Crippen LogP contribution is -2.33. The molecule has 162 valence electrons. The third-order valence-electron chi connectivity index (χ3n) is 5.27. The Morgan fingerprint density at radius 2 is 1.50 bits per heavy atom. The van der Waals surface area contributed by atoms with Crippen LogP contribution >= 0.6 is 23.4 Å². The van der Waals surface area contributed by atoms with Gasteiger partial charge in [0.25, 0.3) is 0 Å². The largest absolute Gasteiger partial charge is 0.334 e. The number of aromatic nitrogens is 3. The fourth-order valence-corrected chi connectivity index (χ4v) is 4.53. The summed E-state index contributed by atoms with van der Waals surface area (Å²) in [7, 11) is 3.75. The van der Waals surface area contributed by atoms with Gasteiger partial charge >= 0.3 is 0 Å². The number of hydrogen-bond acceptors (Lipinski definition) is 4. The standard InChI is InChI=1S/C25H23ClN4OS/c1-29(23(18-9-5-3-6-10-18)19-11-7-4-8-12-19)22(31)17-32-25-28-27-24(30(25)2)20-13-15-21(26)16-14-20/h3-16,23H,17H2,1-2H3. The van der Waals surface area contributed by atoms with E-state index in [9.17, 15) is 4.79 Å². The fourth-order valence-electron chi connectivity index (χ4n) is 3.57. The zero-order valence-electron chi connectivity index (χ0n) is 17.9. The maximum Gasteiger partial charge on any atom is 0.233 e. The molecule has 0 aliphatic carbocycles. The molecular formula is C25H23ClN4OS. The summed E-state index contributed by atoms with van der Waals surface area (Å²) in [6.45, 7) is 0. The monoisotopic (exact) mass is 462 g/mol. The number of hydrogen-bond donors (Lipinski definition) is 0. The van der Waals surface area contributed by atoms with Crippen molar-refractivity contribution in [1.82, 2.24) is 19.7 Å². The van der Waals surface area contributed by atoms with Crippen molar-refractivity contribution < 1.29 is 4.79 Å². The summed E-state index contributed by atoms with van der Waals surface area (Å²) in [5, 5.41) is 9.93. The Balaban J connectivity index is 1.50. The highest BCUT2D eigenvalue weighted by Gasteiger charge is 2.24. The molecule has 3 aromatic carbocycles. The molecule has 0 fully saturated rings. The van der Waals surface area contributed by atoms with E-state index in [0.717, 1.165) is 22.5 Å². The molecule has 0 aliphatic rings. The van der Waals surface area contributed by atoms with Gasteiger partial charge in [0.05, 0.1) is 11.8 Å². The third kappa shape index (κ3) is 4.87. The van der Waals surface area contributed by atoms with Crippen molar-refractivity contribution in [1.29, 1.82) is 0 Å². The van der Waals surface area contributed by atoms with Gasteiger partial charge in [0.1, 0.15) is 0 Å². The van der Waals surface area contributed by atoms with Gasteiger partial charge in [-0.15, -0.1) is 10.2 Å². The Kier molecular flexibility index (Phi) is 6.93. The van der Waals surface area contributed by atoms with Crippen molar-refractivity contribution in [3.8, 4) is 11.4 Å². The minimum atomic E-state index is -0.158. The summed E-state index contributed by atoms with van der Waals surface area (Å²) < 4.78 is 1.90. The van der Waals surface area contributed by atoms with Crippen molar-refractivity contribution in [3.05, 3.63) is 101 Å². The van der Waals surface area contributed by atoms with E-state index in [1.807, 2.05) is 79.3 Å². The van der Waals surface area contributed by atoms with Crippen LogP contribution in [-0.2, 0) is 11.8 Å². The van der Waals surface area contributed by atoms with E-state index in [4.69, 9.17) is 11.6 Å². The van der Waals surface area contributed by atoms with Gasteiger partial charge in [0.2, 0.25) is 5.91 Å². The van der Waals surface area contributed by atoms with Crippen LogP contribution in [0, 0.1) is 0 Å². The first-order chi connectivity index (χ1) is 15.5. The highest BCUT2D eigenvalue weighted by molar-refractivity contribution is 7.99. The van der Waals surface area contributed by atoms with Crippen molar-refractivity contribution in [2.45, 2.75) is 11.2 Å². The van der Waals surface area contributed by atoms with E-state index in [-0.39, 0.29) is 17.7 Å². The van der Waals surface area contributed by atoms with Gasteiger partial charge in [-0.05, 0) is 35.4 Å². The Morgan fingerprint density at radius 3 is 2.06 bits per heavy atom. The Bertz CT molecular complexity index is 1140. The van der Waals surface area contributed by atoms with E-state index in [2.05, 4.69) is 34.5 Å². The van der Waals surface area contributed by atoms with Crippen molar-refractivity contribution in [3.63, 3.8) is 0 Å². The summed E-state index contributed by atoms with van der Waals surface area (Å²) in [4.78, 5) is 15.0. The van der Waals surface area contributed by atoms with Crippen molar-refractivity contribution >= 4 is 29.3 Å². The average Bonchev–Trinajstić information content (AvgIpc) is 3.19. The lowest BCUT2D eigenvalue weighted by Gasteiger charge is -2.29. The van der Waals surface area contributed by atoms with Crippen LogP contribution in [0.3, 0.4) is 0 Å². The summed E-state index contributed by atoms with van der Waals surface area (Å²) in [5.41, 5.74) is 3.07. The molecule has 32 heavy (non-hydrogen) atoms.